The van der Waals surface area contributed by atoms with Crippen molar-refractivity contribution in [3.05, 3.63) is 12.2 Å². The number of hydrogen-bond acceptors (Lipinski definition) is 13. The van der Waals surface area contributed by atoms with Gasteiger partial charge in [-0.1, -0.05) is 88.7 Å². The van der Waals surface area contributed by atoms with Crippen molar-refractivity contribution in [3.8, 4) is 0 Å². The van der Waals surface area contributed by atoms with Crippen molar-refractivity contribution in [2.75, 3.05) is 33.7 Å². The molecule has 10 N–H and O–H groups in total. The largest absolute Gasteiger partial charge is 0.390 e. The molecule has 1 aliphatic rings. The first kappa shape index (κ1) is 77.0. The van der Waals surface area contributed by atoms with Gasteiger partial charge in [0.25, 0.3) is 0 Å². The molecule has 1 rings (SSSR count). The van der Waals surface area contributed by atoms with E-state index >= 15 is 0 Å². The third-order valence-electron chi connectivity index (χ3n) is 15.1. The third-order valence-corrected chi connectivity index (χ3v) is 15.1. The first-order chi connectivity index (χ1) is 39.2. The van der Waals surface area contributed by atoms with Crippen LogP contribution in [0.1, 0.15) is 189 Å². The van der Waals surface area contributed by atoms with Gasteiger partial charge in [-0.05, 0) is 143 Å². The lowest BCUT2D eigenvalue weighted by Crippen LogP contribution is -2.66. The van der Waals surface area contributed by atoms with Crippen LogP contribution in [-0.4, -0.2) is 172 Å². The van der Waals surface area contributed by atoms with Crippen LogP contribution in [0.5, 0.6) is 0 Å². The molecular weight excluding hydrogens is 1090 g/mol. The molecule has 23 nitrogen and oxygen atoms in total. The van der Waals surface area contributed by atoms with E-state index < -0.39 is 106 Å². The van der Waals surface area contributed by atoms with Gasteiger partial charge in [-0.3, -0.25) is 52.7 Å². The molecule has 0 aromatic rings. The maximum Gasteiger partial charge on any atom is 0.246 e. The minimum Gasteiger partial charge on any atom is -0.390 e. The van der Waals surface area contributed by atoms with Crippen molar-refractivity contribution < 1.29 is 57.8 Å². The van der Waals surface area contributed by atoms with Crippen LogP contribution in [0.15, 0.2) is 12.2 Å². The zero-order valence-corrected chi connectivity index (χ0v) is 55.2. The second-order valence-corrected chi connectivity index (χ2v) is 26.9. The van der Waals surface area contributed by atoms with Crippen LogP contribution in [-0.2, 0) is 52.7 Å². The number of ketones is 1. The zero-order chi connectivity index (χ0) is 65.5. The molecule has 23 heteroatoms. The summed E-state index contributed by atoms with van der Waals surface area (Å²) < 4.78 is 0. The number of nitrogens with zero attached hydrogens (tertiary/aromatic N) is 2. The van der Waals surface area contributed by atoms with E-state index in [4.69, 9.17) is 0 Å². The number of allylic oxidation sites excluding steroid dienone is 2. The summed E-state index contributed by atoms with van der Waals surface area (Å²) in [4.78, 5) is 154. The molecule has 0 bridgehead atoms. The summed E-state index contributed by atoms with van der Waals surface area (Å²) in [5.41, 5.74) is -4.88. The Morgan fingerprint density at radius 3 is 1.69 bits per heavy atom. The fraction of sp³-hybridized carbons (Fsp3) is 0.790. The van der Waals surface area contributed by atoms with Crippen LogP contribution >= 0.6 is 0 Å². The van der Waals surface area contributed by atoms with E-state index in [9.17, 15) is 57.8 Å². The molecule has 0 spiro atoms. The maximum atomic E-state index is 14.5. The number of aliphatic hydroxyl groups excluding tert-OH is 1. The molecule has 0 aliphatic carbocycles. The highest BCUT2D eigenvalue weighted by molar-refractivity contribution is 6.00. The Hall–Kier alpha value is -5.97. The van der Waals surface area contributed by atoms with Crippen molar-refractivity contribution in [1.82, 2.24) is 57.7 Å². The van der Waals surface area contributed by atoms with Gasteiger partial charge >= 0.3 is 0 Å². The molecule has 10 atom stereocenters. The van der Waals surface area contributed by atoms with Gasteiger partial charge in [0.05, 0.1) is 6.10 Å². The highest BCUT2D eigenvalue weighted by Gasteiger charge is 2.43. The lowest BCUT2D eigenvalue weighted by molar-refractivity contribution is -0.141. The number of nitrogens with one attached hydrogen (secondary N) is 9. The van der Waals surface area contributed by atoms with Crippen LogP contribution in [0.2, 0.25) is 0 Å². The number of carbonyl (C=O) groups excluding carboxylic acids is 11. The Morgan fingerprint density at radius 1 is 0.624 bits per heavy atom. The van der Waals surface area contributed by atoms with Gasteiger partial charge in [0, 0.05) is 44.9 Å². The Morgan fingerprint density at radius 2 is 1.15 bits per heavy atom. The minimum atomic E-state index is -1.80. The van der Waals surface area contributed by atoms with E-state index in [2.05, 4.69) is 54.8 Å². The molecule has 1 aliphatic heterocycles. The van der Waals surface area contributed by atoms with Gasteiger partial charge in [0.2, 0.25) is 59.1 Å². The molecule has 0 saturated carbocycles. The number of rotatable bonds is 37. The van der Waals surface area contributed by atoms with Crippen molar-refractivity contribution in [2.45, 2.75) is 248 Å². The molecule has 486 valence electrons. The van der Waals surface area contributed by atoms with Crippen molar-refractivity contribution in [2.24, 2.45) is 35.5 Å². The molecule has 1 heterocycles. The molecule has 0 radical (unpaired) electrons. The lowest BCUT2D eigenvalue weighted by atomic mass is 9.94. The normalized spacial score (nSPS) is 17.7. The number of amides is 10. The number of aliphatic hydroxyl groups is 1. The number of likely N-dealkylation sites (tertiary alicyclic amines) is 1. The van der Waals surface area contributed by atoms with Crippen LogP contribution in [0, 0.1) is 35.5 Å². The molecule has 1 fully saturated rings. The van der Waals surface area contributed by atoms with Crippen LogP contribution in [0.4, 0.5) is 0 Å². The second-order valence-electron chi connectivity index (χ2n) is 26.9. The zero-order valence-electron chi connectivity index (χ0n) is 55.2. The molecule has 1 saturated heterocycles. The topological polar surface area (TPSA) is 323 Å². The Bertz CT molecular complexity index is 2300. The third kappa shape index (κ3) is 27.5. The van der Waals surface area contributed by atoms with E-state index in [0.29, 0.717) is 44.7 Å². The van der Waals surface area contributed by atoms with Gasteiger partial charge in [-0.25, -0.2) is 0 Å². The SMILES string of the molecule is CCC(=O)/C=C/C[C@@H](C)C[C@H](NC(=O)[C@@H]1C[C@H](C)CN1C(=O)CC[C@@H](C)CC)C(=O)N[C@H](C(=O)NC(C)(C)C(=O)N[C@@H](CC(C)C)C(=O)N[C@@H](CC(C)C)C(=O)NC(C)(C)C(=O)NC(C)(C)C(=O)NCCC(=O)N[C@@H](C)CN(C)C)[C@H](O)C(C)C. The summed E-state index contributed by atoms with van der Waals surface area (Å²) in [6, 6.07) is -6.33. The molecular formula is C62H111N11O12. The van der Waals surface area contributed by atoms with E-state index in [0.717, 1.165) is 6.42 Å². The van der Waals surface area contributed by atoms with Crippen molar-refractivity contribution in [3.63, 3.8) is 0 Å². The predicted molar refractivity (Wildman–Crippen MR) is 329 cm³/mol. The summed E-state index contributed by atoms with van der Waals surface area (Å²) in [5, 5.41) is 36.1. The van der Waals surface area contributed by atoms with Crippen molar-refractivity contribution in [1.29, 1.82) is 0 Å². The standard InChI is InChI=1S/C62H111N11O12/c1-21-39(9)26-27-49(76)73-34-41(11)33-47(73)55(81)66-46(32-40(10)24-23-25-43(74)22-2)53(79)68-50(51(77)38(7)8)56(82)70-61(15,16)58(84)67-44(30-36(3)4)52(78)65-45(31-37(5)6)54(80)69-62(17,18)59(85)71-60(13,14)57(83)63-29-28-48(75)64-42(12)35-72(19)20/h23,25,36-42,44-47,50-51,77H,21-22,24,26-35H2,1-20H3,(H,63,83)(H,64,75)(H,65,78)(H,66,81)(H,67,84)(H,68,79)(H,69,80)(H,70,82)(H,71,85)/b25-23+/t39-,40+,41-,42-,44-,45-,46-,47-,50-,51+/m0/s1. The molecule has 0 aromatic carbocycles. The maximum absolute atomic E-state index is 14.5. The predicted octanol–water partition coefficient (Wildman–Crippen LogP) is 3.31. The molecule has 0 aromatic heterocycles. The van der Waals surface area contributed by atoms with Crippen LogP contribution in [0.3, 0.4) is 0 Å². The summed E-state index contributed by atoms with van der Waals surface area (Å²) >= 11 is 0. The smallest absolute Gasteiger partial charge is 0.246 e. The fourth-order valence-corrected chi connectivity index (χ4v) is 9.64. The molecule has 85 heavy (non-hydrogen) atoms. The van der Waals surface area contributed by atoms with Gasteiger partial charge < -0.3 is 62.8 Å². The quantitative estimate of drug-likeness (QED) is 0.0400. The Balaban J connectivity index is 3.41. The monoisotopic (exact) mass is 1200 g/mol. The van der Waals surface area contributed by atoms with E-state index in [1.807, 2.05) is 74.4 Å². The summed E-state index contributed by atoms with van der Waals surface area (Å²) in [6.45, 7) is 31.7. The van der Waals surface area contributed by atoms with Crippen LogP contribution in [0.25, 0.3) is 0 Å². The van der Waals surface area contributed by atoms with Gasteiger partial charge in [-0.15, -0.1) is 0 Å². The van der Waals surface area contributed by atoms with E-state index in [1.54, 1.807) is 31.7 Å². The highest BCUT2D eigenvalue weighted by Crippen LogP contribution is 2.26. The average Bonchev–Trinajstić information content (AvgIpc) is 3.42. The van der Waals surface area contributed by atoms with Crippen LogP contribution < -0.4 is 47.9 Å². The Kier molecular flexibility index (Phi) is 32.3. The minimum absolute atomic E-state index is 0.0126. The lowest BCUT2D eigenvalue weighted by Gasteiger charge is -2.34. The first-order valence-electron chi connectivity index (χ1n) is 30.8. The fourth-order valence-electron chi connectivity index (χ4n) is 9.64. The van der Waals surface area contributed by atoms with Gasteiger partial charge in [-0.2, -0.15) is 0 Å². The van der Waals surface area contributed by atoms with Gasteiger partial charge in [0.15, 0.2) is 5.78 Å². The van der Waals surface area contributed by atoms with E-state index in [1.165, 1.54) is 47.6 Å². The number of likely N-dealkylation sites (N-methyl/N-ethyl adjacent to an activating group) is 1. The number of hydrogen-bond donors (Lipinski definition) is 10. The summed E-state index contributed by atoms with van der Waals surface area (Å²) in [5.74, 6) is -7.19. The first-order valence-corrected chi connectivity index (χ1v) is 30.8. The second kappa shape index (κ2) is 35.6. The Labute approximate surface area is 507 Å². The van der Waals surface area contributed by atoms with E-state index in [-0.39, 0.29) is 86.0 Å². The molecule has 10 amide bonds. The molecule has 0 unspecified atom stereocenters. The van der Waals surface area contributed by atoms with Gasteiger partial charge in [0.1, 0.15) is 46.8 Å². The number of carbonyl (C=O) groups is 11. The summed E-state index contributed by atoms with van der Waals surface area (Å²) in [7, 11) is 3.78. The summed E-state index contributed by atoms with van der Waals surface area (Å²) in [6.07, 6.45) is 4.84. The average molecular weight is 1200 g/mol. The van der Waals surface area contributed by atoms with Crippen molar-refractivity contribution >= 4 is 64.9 Å². The highest BCUT2D eigenvalue weighted by atomic mass is 16.3.